The second-order valence-corrected chi connectivity index (χ2v) is 6.28. The van der Waals surface area contributed by atoms with Crippen molar-refractivity contribution >= 4 is 28.8 Å². The van der Waals surface area contributed by atoms with Crippen molar-refractivity contribution in [3.05, 3.63) is 63.6 Å². The predicted octanol–water partition coefficient (Wildman–Crippen LogP) is 4.43. The molecule has 0 aliphatic heterocycles. The number of thiazole rings is 1. The van der Waals surface area contributed by atoms with Gasteiger partial charge >= 0.3 is 0 Å². The monoisotopic (exact) mass is 350 g/mol. The summed E-state index contributed by atoms with van der Waals surface area (Å²) in [5.41, 5.74) is 0.643. The molecule has 0 unspecified atom stereocenters. The van der Waals surface area contributed by atoms with Crippen LogP contribution < -0.4 is 5.32 Å². The summed E-state index contributed by atoms with van der Waals surface area (Å²) in [6, 6.07) is 7.74. The van der Waals surface area contributed by atoms with Crippen LogP contribution in [0.15, 0.2) is 41.0 Å². The molecule has 0 aliphatic carbocycles. The van der Waals surface area contributed by atoms with E-state index < -0.39 is 11.7 Å². The van der Waals surface area contributed by atoms with Crippen LogP contribution in [0.1, 0.15) is 20.9 Å². The van der Waals surface area contributed by atoms with Gasteiger partial charge in [-0.1, -0.05) is 17.7 Å². The van der Waals surface area contributed by atoms with Crippen LogP contribution >= 0.6 is 22.9 Å². The van der Waals surface area contributed by atoms with Crippen LogP contribution in [-0.2, 0) is 6.54 Å². The molecule has 7 heteroatoms. The molecule has 0 saturated heterocycles. The second kappa shape index (κ2) is 6.52. The van der Waals surface area contributed by atoms with Gasteiger partial charge in [0.15, 0.2) is 10.8 Å². The van der Waals surface area contributed by atoms with E-state index >= 15 is 0 Å². The van der Waals surface area contributed by atoms with E-state index in [9.17, 15) is 9.18 Å². The van der Waals surface area contributed by atoms with Crippen LogP contribution in [0.25, 0.3) is 10.8 Å². The van der Waals surface area contributed by atoms with Crippen molar-refractivity contribution in [1.82, 2.24) is 10.3 Å². The molecule has 23 heavy (non-hydrogen) atoms. The molecule has 0 fully saturated rings. The predicted molar refractivity (Wildman–Crippen MR) is 87.1 cm³/mol. The zero-order valence-electron chi connectivity index (χ0n) is 12.1. The van der Waals surface area contributed by atoms with Crippen LogP contribution in [0.2, 0.25) is 5.02 Å². The Morgan fingerprint density at radius 2 is 2.22 bits per heavy atom. The molecule has 0 atom stereocenters. The number of hydrogen-bond acceptors (Lipinski definition) is 4. The van der Waals surface area contributed by atoms with Gasteiger partial charge in [0.2, 0.25) is 0 Å². The summed E-state index contributed by atoms with van der Waals surface area (Å²) in [6.45, 7) is 2.09. The molecule has 0 spiro atoms. The molecular formula is C16H12ClFN2O2S. The third-order valence-corrected chi connectivity index (χ3v) is 4.71. The number of nitrogens with zero attached hydrogens (tertiary/aromatic N) is 1. The van der Waals surface area contributed by atoms with Crippen molar-refractivity contribution in [1.29, 1.82) is 0 Å². The van der Waals surface area contributed by atoms with Crippen molar-refractivity contribution in [2.75, 3.05) is 0 Å². The van der Waals surface area contributed by atoms with Gasteiger partial charge in [0.1, 0.15) is 5.82 Å². The molecule has 1 N–H and O–H groups in total. The number of rotatable bonds is 4. The average Bonchev–Trinajstić information content (AvgIpc) is 3.14. The molecule has 3 rings (SSSR count). The van der Waals surface area contributed by atoms with E-state index in [1.165, 1.54) is 29.5 Å². The normalized spacial score (nSPS) is 10.7. The Hall–Kier alpha value is -2.18. The van der Waals surface area contributed by atoms with Crippen molar-refractivity contribution < 1.29 is 13.6 Å². The van der Waals surface area contributed by atoms with Crippen molar-refractivity contribution in [2.45, 2.75) is 13.5 Å². The maximum absolute atomic E-state index is 13.7. The second-order valence-electron chi connectivity index (χ2n) is 4.78. The Morgan fingerprint density at radius 1 is 1.39 bits per heavy atom. The average molecular weight is 351 g/mol. The first kappa shape index (κ1) is 15.7. The molecule has 1 amide bonds. The smallest absolute Gasteiger partial charge is 0.256 e. The largest absolute Gasteiger partial charge is 0.462 e. The van der Waals surface area contributed by atoms with Crippen molar-refractivity contribution in [2.24, 2.45) is 0 Å². The number of amides is 1. The van der Waals surface area contributed by atoms with Gasteiger partial charge in [-0.05, 0) is 31.2 Å². The van der Waals surface area contributed by atoms with Gasteiger partial charge < -0.3 is 9.73 Å². The van der Waals surface area contributed by atoms with Gasteiger partial charge in [-0.15, -0.1) is 11.3 Å². The Labute approximate surface area is 140 Å². The van der Waals surface area contributed by atoms with Gasteiger partial charge in [-0.3, -0.25) is 4.79 Å². The van der Waals surface area contributed by atoms with E-state index in [1.54, 1.807) is 12.3 Å². The fourth-order valence-corrected chi connectivity index (χ4v) is 3.28. The molecule has 2 heterocycles. The summed E-state index contributed by atoms with van der Waals surface area (Å²) in [5.74, 6) is -0.527. The topological polar surface area (TPSA) is 55.1 Å². The Balaban J connectivity index is 1.75. The number of aromatic nitrogens is 1. The lowest BCUT2D eigenvalue weighted by Gasteiger charge is -2.06. The molecule has 0 aliphatic rings. The van der Waals surface area contributed by atoms with Crippen LogP contribution in [-0.4, -0.2) is 10.9 Å². The summed E-state index contributed by atoms with van der Waals surface area (Å²) >= 11 is 7.30. The molecule has 4 nitrogen and oxygen atoms in total. The van der Waals surface area contributed by atoms with Gasteiger partial charge in [0.05, 0.1) is 29.1 Å². The molecule has 0 radical (unpaired) electrons. The number of carbonyl (C=O) groups is 1. The van der Waals surface area contributed by atoms with Crippen molar-refractivity contribution in [3.8, 4) is 10.8 Å². The minimum absolute atomic E-state index is 0.0831. The lowest BCUT2D eigenvalue weighted by molar-refractivity contribution is 0.0947. The summed E-state index contributed by atoms with van der Waals surface area (Å²) in [6.07, 6.45) is 1.58. The summed E-state index contributed by atoms with van der Waals surface area (Å²) in [5, 5.41) is 3.49. The first-order valence-corrected chi connectivity index (χ1v) is 7.98. The number of halogens is 2. The highest BCUT2D eigenvalue weighted by molar-refractivity contribution is 7.15. The SMILES string of the molecule is Cc1nc(-c2ccco2)sc1CNC(=O)c1c(F)cccc1Cl. The fraction of sp³-hybridized carbons (Fsp3) is 0.125. The van der Waals surface area contributed by atoms with Crippen LogP contribution in [0.4, 0.5) is 4.39 Å². The van der Waals surface area contributed by atoms with E-state index in [1.807, 2.05) is 13.0 Å². The van der Waals surface area contributed by atoms with E-state index in [0.717, 1.165) is 15.6 Å². The first-order chi connectivity index (χ1) is 11.1. The van der Waals surface area contributed by atoms with E-state index in [2.05, 4.69) is 10.3 Å². The molecule has 3 aromatic rings. The quantitative estimate of drug-likeness (QED) is 0.757. The Morgan fingerprint density at radius 3 is 2.91 bits per heavy atom. The van der Waals surface area contributed by atoms with E-state index in [4.69, 9.17) is 16.0 Å². The highest BCUT2D eigenvalue weighted by Crippen LogP contribution is 2.28. The minimum Gasteiger partial charge on any atom is -0.462 e. The Bertz CT molecular complexity index is 826. The first-order valence-electron chi connectivity index (χ1n) is 6.78. The maximum atomic E-state index is 13.7. The minimum atomic E-state index is -0.646. The van der Waals surface area contributed by atoms with Gasteiger partial charge in [-0.25, -0.2) is 9.37 Å². The summed E-state index contributed by atoms with van der Waals surface area (Å²) in [4.78, 5) is 17.4. The van der Waals surface area contributed by atoms with Gasteiger partial charge in [-0.2, -0.15) is 0 Å². The molecule has 1 aromatic carbocycles. The Kier molecular flexibility index (Phi) is 4.45. The number of aryl methyl sites for hydroxylation is 1. The fourth-order valence-electron chi connectivity index (χ4n) is 2.06. The molecule has 118 valence electrons. The third kappa shape index (κ3) is 3.28. The lowest BCUT2D eigenvalue weighted by Crippen LogP contribution is -2.24. The number of carbonyl (C=O) groups excluding carboxylic acids is 1. The zero-order chi connectivity index (χ0) is 16.4. The number of hydrogen-bond donors (Lipinski definition) is 1. The summed E-state index contributed by atoms with van der Waals surface area (Å²) in [7, 11) is 0. The van der Waals surface area contributed by atoms with Crippen LogP contribution in [0.5, 0.6) is 0 Å². The van der Waals surface area contributed by atoms with Crippen LogP contribution in [0, 0.1) is 12.7 Å². The molecule has 0 bridgehead atoms. The third-order valence-electron chi connectivity index (χ3n) is 3.22. The number of benzene rings is 1. The highest BCUT2D eigenvalue weighted by atomic mass is 35.5. The van der Waals surface area contributed by atoms with Crippen molar-refractivity contribution in [3.63, 3.8) is 0 Å². The number of nitrogens with one attached hydrogen (secondary N) is 1. The van der Waals surface area contributed by atoms with Crippen LogP contribution in [0.3, 0.4) is 0 Å². The van der Waals surface area contributed by atoms with Gasteiger partial charge in [0.25, 0.3) is 5.91 Å². The lowest BCUT2D eigenvalue weighted by atomic mass is 10.2. The molecule has 2 aromatic heterocycles. The molecular weight excluding hydrogens is 339 g/mol. The van der Waals surface area contributed by atoms with E-state index in [0.29, 0.717) is 5.76 Å². The maximum Gasteiger partial charge on any atom is 0.256 e. The molecule has 0 saturated carbocycles. The number of furan rings is 1. The standard InChI is InChI=1S/C16H12ClFN2O2S/c1-9-13(23-16(20-9)12-6-3-7-22-12)8-19-15(21)14-10(17)4-2-5-11(14)18/h2-7H,8H2,1H3,(H,19,21). The zero-order valence-corrected chi connectivity index (χ0v) is 13.7. The highest BCUT2D eigenvalue weighted by Gasteiger charge is 2.17. The van der Waals surface area contributed by atoms with E-state index in [-0.39, 0.29) is 17.1 Å². The van der Waals surface area contributed by atoms with Gasteiger partial charge in [0, 0.05) is 4.88 Å². The summed E-state index contributed by atoms with van der Waals surface area (Å²) < 4.78 is 19.0.